The number of nitrogens with one attached hydrogen (secondary N) is 1. The van der Waals surface area contributed by atoms with Crippen molar-refractivity contribution in [2.24, 2.45) is 0 Å². The number of fused-ring (bicyclic) bond motifs is 1. The Morgan fingerprint density at radius 2 is 2.04 bits per heavy atom. The summed E-state index contributed by atoms with van der Waals surface area (Å²) in [5.74, 6) is 0.366. The zero-order chi connectivity index (χ0) is 17.9. The van der Waals surface area contributed by atoms with Crippen molar-refractivity contribution in [1.29, 1.82) is 0 Å². The maximum absolute atomic E-state index is 12.9. The number of aromatic amines is 1. The van der Waals surface area contributed by atoms with Crippen LogP contribution >= 0.6 is 0 Å². The van der Waals surface area contributed by atoms with Gasteiger partial charge in [-0.1, -0.05) is 24.3 Å². The number of likely N-dealkylation sites (tertiary alicyclic amines) is 1. The Morgan fingerprint density at radius 3 is 2.85 bits per heavy atom. The van der Waals surface area contributed by atoms with Crippen molar-refractivity contribution in [2.75, 3.05) is 13.1 Å². The second kappa shape index (κ2) is 7.07. The van der Waals surface area contributed by atoms with Gasteiger partial charge in [0.1, 0.15) is 0 Å². The van der Waals surface area contributed by atoms with E-state index < -0.39 is 0 Å². The van der Waals surface area contributed by atoms with E-state index in [1.165, 1.54) is 5.56 Å². The Bertz CT molecular complexity index is 984. The minimum atomic E-state index is -0.230. The Balaban J connectivity index is 1.53. The van der Waals surface area contributed by atoms with Crippen LogP contribution in [0.1, 0.15) is 30.0 Å². The Labute approximate surface area is 150 Å². The number of carbonyl (C=O) groups is 1. The molecule has 6 nitrogen and oxygen atoms in total. The SMILES string of the molecule is O=C(Cc1n[nH]c(=O)c2ccccc12)N1CCCC(c2cccnc2)C1. The molecule has 1 unspecified atom stereocenters. The maximum atomic E-state index is 12.9. The zero-order valence-corrected chi connectivity index (χ0v) is 14.4. The Morgan fingerprint density at radius 1 is 1.19 bits per heavy atom. The van der Waals surface area contributed by atoms with E-state index in [0.717, 1.165) is 24.8 Å². The predicted octanol–water partition coefficient (Wildman–Crippen LogP) is 2.27. The molecule has 1 amide bonds. The van der Waals surface area contributed by atoms with Gasteiger partial charge in [-0.15, -0.1) is 0 Å². The minimum absolute atomic E-state index is 0.0447. The largest absolute Gasteiger partial charge is 0.342 e. The molecule has 6 heteroatoms. The van der Waals surface area contributed by atoms with E-state index in [4.69, 9.17) is 0 Å². The molecule has 0 spiro atoms. The van der Waals surface area contributed by atoms with Gasteiger partial charge in [-0.2, -0.15) is 5.10 Å². The highest BCUT2D eigenvalue weighted by Gasteiger charge is 2.25. The average molecular weight is 348 g/mol. The molecule has 3 heterocycles. The summed E-state index contributed by atoms with van der Waals surface area (Å²) in [7, 11) is 0. The van der Waals surface area contributed by atoms with Crippen molar-refractivity contribution in [3.8, 4) is 0 Å². The van der Waals surface area contributed by atoms with Crippen LogP contribution in [0.5, 0.6) is 0 Å². The molecule has 0 saturated carbocycles. The van der Waals surface area contributed by atoms with Gasteiger partial charge in [-0.05, 0) is 30.5 Å². The van der Waals surface area contributed by atoms with Gasteiger partial charge in [-0.25, -0.2) is 5.10 Å². The fourth-order valence-corrected chi connectivity index (χ4v) is 3.65. The van der Waals surface area contributed by atoms with Gasteiger partial charge in [0.25, 0.3) is 5.56 Å². The summed E-state index contributed by atoms with van der Waals surface area (Å²) in [6.45, 7) is 1.46. The summed E-state index contributed by atoms with van der Waals surface area (Å²) in [6, 6.07) is 11.3. The number of hydrogen-bond donors (Lipinski definition) is 1. The number of aromatic nitrogens is 3. The smallest absolute Gasteiger partial charge is 0.272 e. The fourth-order valence-electron chi connectivity index (χ4n) is 3.65. The van der Waals surface area contributed by atoms with E-state index >= 15 is 0 Å². The van der Waals surface area contributed by atoms with E-state index in [0.29, 0.717) is 23.5 Å². The van der Waals surface area contributed by atoms with Crippen LogP contribution in [-0.4, -0.2) is 39.1 Å². The van der Waals surface area contributed by atoms with Crippen LogP contribution in [-0.2, 0) is 11.2 Å². The van der Waals surface area contributed by atoms with Crippen molar-refractivity contribution < 1.29 is 4.79 Å². The molecule has 0 bridgehead atoms. The first-order valence-corrected chi connectivity index (χ1v) is 8.86. The molecule has 1 N–H and O–H groups in total. The third kappa shape index (κ3) is 3.22. The van der Waals surface area contributed by atoms with Gasteiger partial charge in [0, 0.05) is 36.8 Å². The lowest BCUT2D eigenvalue weighted by Crippen LogP contribution is -2.40. The third-order valence-electron chi connectivity index (χ3n) is 5.02. The molecule has 2 aromatic heterocycles. The van der Waals surface area contributed by atoms with Crippen molar-refractivity contribution in [3.63, 3.8) is 0 Å². The van der Waals surface area contributed by atoms with E-state index in [9.17, 15) is 9.59 Å². The molecule has 1 aromatic carbocycles. The van der Waals surface area contributed by atoms with Crippen LogP contribution in [0.4, 0.5) is 0 Å². The number of H-pyrrole nitrogens is 1. The number of carbonyl (C=O) groups excluding carboxylic acids is 1. The Hall–Kier alpha value is -3.02. The standard InChI is InChI=1S/C20H20N4O2/c25-19(11-18-16-7-1-2-8-17(16)20(26)23-22-18)24-10-4-6-15(13-24)14-5-3-9-21-12-14/h1-3,5,7-9,12,15H,4,6,10-11,13H2,(H,23,26). The number of nitrogens with zero attached hydrogens (tertiary/aromatic N) is 3. The highest BCUT2D eigenvalue weighted by Crippen LogP contribution is 2.26. The molecule has 26 heavy (non-hydrogen) atoms. The lowest BCUT2D eigenvalue weighted by atomic mass is 9.91. The van der Waals surface area contributed by atoms with Gasteiger partial charge in [0.15, 0.2) is 0 Å². The monoisotopic (exact) mass is 348 g/mol. The summed E-state index contributed by atoms with van der Waals surface area (Å²) >= 11 is 0. The summed E-state index contributed by atoms with van der Waals surface area (Å²) in [6.07, 6.45) is 5.88. The highest BCUT2D eigenvalue weighted by molar-refractivity contribution is 5.88. The first-order valence-electron chi connectivity index (χ1n) is 8.86. The molecular weight excluding hydrogens is 328 g/mol. The molecule has 0 radical (unpaired) electrons. The van der Waals surface area contributed by atoms with E-state index in [2.05, 4.69) is 21.2 Å². The fraction of sp³-hybridized carbons (Fsp3) is 0.300. The zero-order valence-electron chi connectivity index (χ0n) is 14.4. The van der Waals surface area contributed by atoms with Crippen LogP contribution in [0.15, 0.2) is 53.6 Å². The van der Waals surface area contributed by atoms with Crippen molar-refractivity contribution in [2.45, 2.75) is 25.2 Å². The van der Waals surface area contributed by atoms with Crippen molar-refractivity contribution >= 4 is 16.7 Å². The summed E-state index contributed by atoms with van der Waals surface area (Å²) in [5.41, 5.74) is 1.57. The first-order chi connectivity index (χ1) is 12.7. The van der Waals surface area contributed by atoms with Crippen LogP contribution in [0, 0.1) is 0 Å². The molecule has 4 rings (SSSR count). The molecule has 1 fully saturated rings. The molecule has 0 aliphatic carbocycles. The van der Waals surface area contributed by atoms with Gasteiger partial charge < -0.3 is 4.90 Å². The molecular formula is C20H20N4O2. The number of amides is 1. The summed E-state index contributed by atoms with van der Waals surface area (Å²) < 4.78 is 0. The first kappa shape index (κ1) is 16.4. The molecule has 1 atom stereocenters. The maximum Gasteiger partial charge on any atom is 0.272 e. The van der Waals surface area contributed by atoms with Gasteiger partial charge >= 0.3 is 0 Å². The molecule has 1 saturated heterocycles. The lowest BCUT2D eigenvalue weighted by molar-refractivity contribution is -0.131. The van der Waals surface area contributed by atoms with Crippen LogP contribution in [0.2, 0.25) is 0 Å². The molecule has 132 valence electrons. The van der Waals surface area contributed by atoms with E-state index in [1.54, 1.807) is 12.3 Å². The number of pyridine rings is 1. The second-order valence-corrected chi connectivity index (χ2v) is 6.69. The van der Waals surface area contributed by atoms with Crippen molar-refractivity contribution in [1.82, 2.24) is 20.1 Å². The topological polar surface area (TPSA) is 79.0 Å². The predicted molar refractivity (Wildman–Crippen MR) is 98.9 cm³/mol. The number of benzene rings is 1. The van der Waals surface area contributed by atoms with Crippen LogP contribution in [0.3, 0.4) is 0 Å². The molecule has 1 aliphatic heterocycles. The number of hydrogen-bond acceptors (Lipinski definition) is 4. The summed E-state index contributed by atoms with van der Waals surface area (Å²) in [5, 5.41) is 7.93. The summed E-state index contributed by atoms with van der Waals surface area (Å²) in [4.78, 5) is 30.8. The quantitative estimate of drug-likeness (QED) is 0.787. The normalized spacial score (nSPS) is 17.4. The van der Waals surface area contributed by atoms with Crippen LogP contribution in [0.25, 0.3) is 10.8 Å². The second-order valence-electron chi connectivity index (χ2n) is 6.69. The van der Waals surface area contributed by atoms with E-state index in [-0.39, 0.29) is 17.9 Å². The minimum Gasteiger partial charge on any atom is -0.342 e. The van der Waals surface area contributed by atoms with Gasteiger partial charge in [0.2, 0.25) is 5.91 Å². The average Bonchev–Trinajstić information content (AvgIpc) is 2.71. The van der Waals surface area contributed by atoms with Gasteiger partial charge in [-0.3, -0.25) is 14.6 Å². The van der Waals surface area contributed by atoms with Crippen LogP contribution < -0.4 is 5.56 Å². The van der Waals surface area contributed by atoms with E-state index in [1.807, 2.05) is 35.4 Å². The van der Waals surface area contributed by atoms with Crippen molar-refractivity contribution in [3.05, 3.63) is 70.4 Å². The third-order valence-corrected chi connectivity index (χ3v) is 5.02. The molecule has 3 aromatic rings. The Kier molecular flexibility index (Phi) is 4.48. The highest BCUT2D eigenvalue weighted by atomic mass is 16.2. The number of rotatable bonds is 3. The van der Waals surface area contributed by atoms with Gasteiger partial charge in [0.05, 0.1) is 17.5 Å². The lowest BCUT2D eigenvalue weighted by Gasteiger charge is -2.33. The molecule has 1 aliphatic rings. The number of piperidine rings is 1.